The molecule has 4 heteroatoms. The molecule has 1 N–H and O–H groups in total. The molecule has 1 aromatic rings. The van der Waals surface area contributed by atoms with Crippen molar-refractivity contribution in [2.75, 3.05) is 0 Å². The summed E-state index contributed by atoms with van der Waals surface area (Å²) in [5.41, 5.74) is 0.371. The standard InChI is InChI=1S/C5H3BrO2S/c6-9-2-1-4(3-9)5(7)8/h1-3H/p+1. The molecular weight excluding hydrogens is 204 g/mol. The first-order valence-electron chi connectivity index (χ1n) is 2.21. The minimum atomic E-state index is -0.860. The zero-order valence-electron chi connectivity index (χ0n) is 4.37. The fraction of sp³-hybridized carbons (Fsp3) is 0. The number of aromatic carboxylic acids is 1. The molecule has 0 amide bonds. The van der Waals surface area contributed by atoms with Crippen LogP contribution in [0.15, 0.2) is 16.8 Å². The van der Waals surface area contributed by atoms with Crippen LogP contribution in [-0.4, -0.2) is 11.1 Å². The number of thiophene rings is 1. The number of carboxylic acid groups (broad SMARTS) is 1. The second kappa shape index (κ2) is 2.49. The molecular formula is C5H4BrO2S+. The van der Waals surface area contributed by atoms with Gasteiger partial charge in [0.2, 0.25) is 0 Å². The molecule has 0 aromatic carbocycles. The zero-order chi connectivity index (χ0) is 6.85. The van der Waals surface area contributed by atoms with E-state index in [-0.39, 0.29) is 8.90 Å². The summed E-state index contributed by atoms with van der Waals surface area (Å²) in [6.07, 6.45) is 0. The van der Waals surface area contributed by atoms with Crippen molar-refractivity contribution in [3.05, 3.63) is 22.4 Å². The molecule has 0 fully saturated rings. The van der Waals surface area contributed by atoms with Crippen LogP contribution in [-0.2, 0) is 0 Å². The van der Waals surface area contributed by atoms with Crippen LogP contribution in [0.4, 0.5) is 0 Å². The van der Waals surface area contributed by atoms with E-state index < -0.39 is 5.97 Å². The quantitative estimate of drug-likeness (QED) is 0.719. The zero-order valence-corrected chi connectivity index (χ0v) is 6.78. The average molecular weight is 208 g/mol. The van der Waals surface area contributed by atoms with Crippen molar-refractivity contribution in [3.63, 3.8) is 0 Å². The van der Waals surface area contributed by atoms with Crippen LogP contribution in [0.3, 0.4) is 0 Å². The van der Waals surface area contributed by atoms with Gasteiger partial charge in [-0.15, -0.1) is 0 Å². The van der Waals surface area contributed by atoms with E-state index in [4.69, 9.17) is 5.11 Å². The Labute approximate surface area is 62.3 Å². The van der Waals surface area contributed by atoms with Crippen molar-refractivity contribution in [2.24, 2.45) is 0 Å². The van der Waals surface area contributed by atoms with E-state index in [9.17, 15) is 4.79 Å². The molecule has 0 aliphatic rings. The normalized spacial score (nSPS) is 11.4. The van der Waals surface area contributed by atoms with Gasteiger partial charge in [0.1, 0.15) is 5.56 Å². The van der Waals surface area contributed by atoms with Gasteiger partial charge in [-0.3, -0.25) is 0 Å². The van der Waals surface area contributed by atoms with E-state index in [1.165, 1.54) is 0 Å². The molecule has 0 aliphatic heterocycles. The summed E-state index contributed by atoms with van der Waals surface area (Å²) >= 11 is 3.25. The maximum absolute atomic E-state index is 10.2. The van der Waals surface area contributed by atoms with E-state index >= 15 is 0 Å². The predicted molar refractivity (Wildman–Crippen MR) is 40.2 cm³/mol. The number of hydrogen-bond donors (Lipinski definition) is 1. The molecule has 1 atom stereocenters. The summed E-state index contributed by atoms with van der Waals surface area (Å²) in [4.78, 5) is 10.2. The smallest absolute Gasteiger partial charge is 0.340 e. The second-order valence-electron chi connectivity index (χ2n) is 1.50. The van der Waals surface area contributed by atoms with E-state index in [0.717, 1.165) is 0 Å². The Morgan fingerprint density at radius 2 is 2.44 bits per heavy atom. The highest BCUT2D eigenvalue weighted by Crippen LogP contribution is 2.26. The number of rotatable bonds is 1. The maximum Gasteiger partial charge on any atom is 0.340 e. The number of carbonyl (C=O) groups is 1. The third-order valence-electron chi connectivity index (χ3n) is 0.864. The van der Waals surface area contributed by atoms with Gasteiger partial charge < -0.3 is 5.11 Å². The van der Waals surface area contributed by atoms with Gasteiger partial charge in [-0.25, -0.2) is 4.79 Å². The fourth-order valence-corrected chi connectivity index (χ4v) is 2.16. The molecule has 0 bridgehead atoms. The molecule has 0 saturated heterocycles. The molecule has 0 aliphatic carbocycles. The van der Waals surface area contributed by atoms with E-state index in [0.29, 0.717) is 5.56 Å². The largest absolute Gasteiger partial charge is 0.478 e. The van der Waals surface area contributed by atoms with E-state index in [2.05, 4.69) is 14.8 Å². The molecule has 1 heterocycles. The lowest BCUT2D eigenvalue weighted by atomic mass is 10.4. The lowest BCUT2D eigenvalue weighted by Gasteiger charge is -1.76. The Hall–Kier alpha value is -0.350. The minimum Gasteiger partial charge on any atom is -0.478 e. The Balaban J connectivity index is 2.98. The highest BCUT2D eigenvalue weighted by atomic mass is 79.9. The number of halogens is 1. The fourth-order valence-electron chi connectivity index (χ4n) is 0.460. The van der Waals surface area contributed by atoms with Gasteiger partial charge in [-0.1, -0.05) is 0 Å². The molecule has 48 valence electrons. The van der Waals surface area contributed by atoms with Gasteiger partial charge in [0.15, 0.2) is 10.8 Å². The minimum absolute atomic E-state index is 0.134. The molecule has 1 rings (SSSR count). The van der Waals surface area contributed by atoms with Crippen molar-refractivity contribution in [2.45, 2.75) is 0 Å². The highest BCUT2D eigenvalue weighted by Gasteiger charge is 2.09. The summed E-state index contributed by atoms with van der Waals surface area (Å²) in [5, 5.41) is 11.9. The van der Waals surface area contributed by atoms with Gasteiger partial charge in [0.05, 0.1) is 8.90 Å². The first-order valence-corrected chi connectivity index (χ1v) is 5.41. The van der Waals surface area contributed by atoms with Crippen LogP contribution in [0.5, 0.6) is 0 Å². The van der Waals surface area contributed by atoms with Gasteiger partial charge in [-0.05, 0) is 0 Å². The lowest BCUT2D eigenvalue weighted by molar-refractivity contribution is 0.0697. The molecule has 9 heavy (non-hydrogen) atoms. The lowest BCUT2D eigenvalue weighted by Crippen LogP contribution is -1.90. The van der Waals surface area contributed by atoms with E-state index in [1.807, 2.05) is 5.38 Å². The third kappa shape index (κ3) is 1.53. The summed E-state index contributed by atoms with van der Waals surface area (Å²) < 4.78 is 0. The second-order valence-corrected chi connectivity index (χ2v) is 4.87. The molecule has 2 nitrogen and oxygen atoms in total. The molecule has 1 unspecified atom stereocenters. The Morgan fingerprint density at radius 1 is 1.78 bits per heavy atom. The summed E-state index contributed by atoms with van der Waals surface area (Å²) in [6, 6.07) is 1.60. The molecule has 0 spiro atoms. The Bertz CT molecular complexity index is 231. The van der Waals surface area contributed by atoms with Crippen LogP contribution in [0.2, 0.25) is 0 Å². The first kappa shape index (κ1) is 6.77. The maximum atomic E-state index is 10.2. The monoisotopic (exact) mass is 207 g/mol. The summed E-state index contributed by atoms with van der Waals surface area (Å²) in [5.74, 6) is -0.860. The van der Waals surface area contributed by atoms with Crippen molar-refractivity contribution >= 4 is 29.7 Å². The van der Waals surface area contributed by atoms with Crippen LogP contribution in [0.25, 0.3) is 0 Å². The average Bonchev–Trinajstić information content (AvgIpc) is 2.14. The number of hydrogen-bond acceptors (Lipinski definition) is 1. The van der Waals surface area contributed by atoms with Gasteiger partial charge in [0, 0.05) is 6.07 Å². The van der Waals surface area contributed by atoms with Gasteiger partial charge >= 0.3 is 5.97 Å². The van der Waals surface area contributed by atoms with Gasteiger partial charge in [0.25, 0.3) is 14.8 Å². The van der Waals surface area contributed by atoms with Crippen molar-refractivity contribution in [3.8, 4) is 0 Å². The SMILES string of the molecule is O=C(O)c1cc[s+](Br)c1. The summed E-state index contributed by atoms with van der Waals surface area (Å²) in [7, 11) is -0.134. The molecule has 0 saturated carbocycles. The molecule has 0 radical (unpaired) electrons. The molecule has 1 aromatic heterocycles. The Kier molecular flexibility index (Phi) is 1.87. The van der Waals surface area contributed by atoms with Crippen molar-refractivity contribution in [1.29, 1.82) is 0 Å². The number of carboxylic acids is 1. The van der Waals surface area contributed by atoms with Crippen LogP contribution in [0.1, 0.15) is 10.4 Å². The summed E-state index contributed by atoms with van der Waals surface area (Å²) in [6.45, 7) is 0. The first-order chi connectivity index (χ1) is 4.20. The predicted octanol–water partition coefficient (Wildman–Crippen LogP) is 2.29. The van der Waals surface area contributed by atoms with Crippen molar-refractivity contribution < 1.29 is 9.90 Å². The van der Waals surface area contributed by atoms with Crippen LogP contribution in [0, 0.1) is 0 Å². The highest BCUT2D eigenvalue weighted by molar-refractivity contribution is 9.34. The Morgan fingerprint density at radius 3 is 2.67 bits per heavy atom. The van der Waals surface area contributed by atoms with Gasteiger partial charge in [-0.2, -0.15) is 0 Å². The van der Waals surface area contributed by atoms with E-state index in [1.54, 1.807) is 11.4 Å². The topological polar surface area (TPSA) is 37.3 Å². The van der Waals surface area contributed by atoms with Crippen molar-refractivity contribution in [1.82, 2.24) is 0 Å². The third-order valence-corrected chi connectivity index (χ3v) is 2.95. The van der Waals surface area contributed by atoms with Crippen LogP contribution >= 0.6 is 23.7 Å². The van der Waals surface area contributed by atoms with Crippen LogP contribution < -0.4 is 0 Å².